The number of nitrogens with zero attached hydrogens (tertiary/aromatic N) is 11. The summed E-state index contributed by atoms with van der Waals surface area (Å²) in [5, 5.41) is 31.9. The number of aromatic nitrogens is 8. The van der Waals surface area contributed by atoms with Crippen molar-refractivity contribution in [3.63, 3.8) is 0 Å². The van der Waals surface area contributed by atoms with Crippen molar-refractivity contribution in [2.75, 3.05) is 51.3 Å². The van der Waals surface area contributed by atoms with Crippen molar-refractivity contribution < 1.29 is 9.47 Å². The molecule has 0 atom stereocenters. The van der Waals surface area contributed by atoms with E-state index in [1.807, 2.05) is 67.6 Å². The molecule has 2 saturated heterocycles. The van der Waals surface area contributed by atoms with E-state index in [-0.39, 0.29) is 18.5 Å². The Morgan fingerprint density at radius 1 is 0.577 bits per heavy atom. The molecule has 8 aromatic rings. The molecule has 0 aliphatic carbocycles. The molecule has 16 nitrogen and oxygen atoms in total. The molecule has 17 heteroatoms. The zero-order chi connectivity index (χ0) is 53.8. The Hall–Kier alpha value is -8.22. The minimum Gasteiger partial charge on any atom is -0.490 e. The summed E-state index contributed by atoms with van der Waals surface area (Å²) in [5.74, 6) is 3.66. The molecule has 0 radical (unpaired) electrons. The molecule has 0 unspecified atom stereocenters. The molecule has 0 spiro atoms. The molecule has 10 rings (SSSR count). The third kappa shape index (κ3) is 16.4. The molecular formula is C61H65BrN12O4. The maximum atomic E-state index is 12.5. The van der Waals surface area contributed by atoms with Crippen molar-refractivity contribution in [2.45, 2.75) is 60.0 Å². The third-order valence-electron chi connectivity index (χ3n) is 13.2. The van der Waals surface area contributed by atoms with Gasteiger partial charge in [0.25, 0.3) is 11.1 Å². The fraction of sp³-hybridized carbons (Fsp3) is 0.311. The van der Waals surface area contributed by atoms with Gasteiger partial charge in [-0.3, -0.25) is 9.59 Å². The Kier molecular flexibility index (Phi) is 21.6. The summed E-state index contributed by atoms with van der Waals surface area (Å²) in [5.41, 5.74) is 7.03. The zero-order valence-corrected chi connectivity index (χ0v) is 44.9. The summed E-state index contributed by atoms with van der Waals surface area (Å²) in [4.78, 5) is 45.5. The highest BCUT2D eigenvalue weighted by molar-refractivity contribution is 9.09. The van der Waals surface area contributed by atoms with Crippen molar-refractivity contribution >= 4 is 15.9 Å². The van der Waals surface area contributed by atoms with Crippen LogP contribution in [0.4, 0.5) is 0 Å². The lowest BCUT2D eigenvalue weighted by molar-refractivity contribution is 0.145. The number of alkyl halides is 1. The van der Waals surface area contributed by atoms with Gasteiger partial charge in [0.1, 0.15) is 0 Å². The third-order valence-corrected chi connectivity index (χ3v) is 13.2. The monoisotopic (exact) mass is 1110 g/mol. The first-order chi connectivity index (χ1) is 37.7. The van der Waals surface area contributed by atoms with E-state index in [1.165, 1.54) is 21.5 Å². The minimum absolute atomic E-state index is 0. The molecule has 1 N–H and O–H groups in total. The first-order valence-corrected chi connectivity index (χ1v) is 27.1. The lowest BCUT2D eigenvalue weighted by Crippen LogP contribution is -2.35. The fourth-order valence-corrected chi connectivity index (χ4v) is 8.92. The number of hydrogen-bond donors (Lipinski definition) is 1. The molecule has 2 aliphatic rings. The number of hydrogen-bond acceptors (Lipinski definition) is 14. The van der Waals surface area contributed by atoms with Gasteiger partial charge in [0.05, 0.1) is 85.7 Å². The van der Waals surface area contributed by atoms with Crippen molar-refractivity contribution in [3.05, 3.63) is 189 Å². The van der Waals surface area contributed by atoms with Crippen molar-refractivity contribution in [3.8, 4) is 68.9 Å². The molecule has 4 aromatic heterocycles. The van der Waals surface area contributed by atoms with Crippen LogP contribution in [0.25, 0.3) is 45.3 Å². The van der Waals surface area contributed by atoms with Gasteiger partial charge in [-0.1, -0.05) is 97.9 Å². The molecule has 2 fully saturated rings. The Labute approximate surface area is 464 Å². The number of piperidine rings is 2. The minimum atomic E-state index is -0.202. The highest BCUT2D eigenvalue weighted by Crippen LogP contribution is 2.24. The summed E-state index contributed by atoms with van der Waals surface area (Å²) in [6.45, 7) is 11.7. The van der Waals surface area contributed by atoms with Crippen LogP contribution in [0.3, 0.4) is 0 Å². The summed E-state index contributed by atoms with van der Waals surface area (Å²) >= 11 is 3.15. The van der Waals surface area contributed by atoms with Gasteiger partial charge in [-0.2, -0.15) is 20.7 Å². The van der Waals surface area contributed by atoms with Gasteiger partial charge in [0.2, 0.25) is 0 Å². The molecular weight excluding hydrogens is 1040 g/mol. The number of nitriles is 2. The zero-order valence-electron chi connectivity index (χ0n) is 43.3. The van der Waals surface area contributed by atoms with Crippen LogP contribution in [-0.4, -0.2) is 95.7 Å². The molecule has 0 saturated carbocycles. The van der Waals surface area contributed by atoms with Crippen LogP contribution in [0.1, 0.15) is 69.2 Å². The number of rotatable bonds is 15. The van der Waals surface area contributed by atoms with E-state index in [0.29, 0.717) is 83.8 Å². The average Bonchev–Trinajstić information content (AvgIpc) is 3.49. The van der Waals surface area contributed by atoms with E-state index >= 15 is 0 Å². The first kappa shape index (κ1) is 57.5. The van der Waals surface area contributed by atoms with Gasteiger partial charge < -0.3 is 19.7 Å². The second kappa shape index (κ2) is 29.3. The van der Waals surface area contributed by atoms with Crippen molar-refractivity contribution in [1.82, 2.24) is 49.7 Å². The van der Waals surface area contributed by atoms with E-state index in [9.17, 15) is 20.1 Å². The molecule has 400 valence electrons. The number of nitrogens with one attached hydrogen (secondary N) is 1. The van der Waals surface area contributed by atoms with Gasteiger partial charge >= 0.3 is 0 Å². The van der Waals surface area contributed by atoms with E-state index < -0.39 is 0 Å². The predicted molar refractivity (Wildman–Crippen MR) is 308 cm³/mol. The standard InChI is InChI=1S/C30H30N6O2.C28H26N6O2.C2H5Br.CH4/c1-2-35-13-11-22(12-14-35)21-38-27-18-32-30(33-19-27)26-8-4-6-24(16-26)20-36-29(37)10-9-28(34-36)25-7-3-5-23(15-25)17-31;29-15-21-3-1-5-23(13-21)26-7-8-27(35)34(33-26)18-22-4-2-6-24(14-22)28-31-16-25(17-32-28)36-19-20-9-11-30-12-10-20;1-2-3;/h3-10,15-16,18-19,22H,2,11-14,20-21H2,1H3;1-8,13-14,16-17,20,30H,9-12,18-19H2;2H2,1H3;1H4. The SMILES string of the molecule is C.CCBr.CCN1CCC(COc2cnc(-c3cccc(Cn4nc(-c5cccc(C#N)c5)ccc4=O)c3)nc2)CC1.N#Cc1cccc(-c2ccc(=O)n(Cc3cccc(-c4ncc(OCC5CCNCC5)cn4)c3)n2)c1. The van der Waals surface area contributed by atoms with Crippen molar-refractivity contribution in [1.29, 1.82) is 10.5 Å². The van der Waals surface area contributed by atoms with Crippen LogP contribution >= 0.6 is 15.9 Å². The number of likely N-dealkylation sites (tertiary alicyclic amines) is 1. The van der Waals surface area contributed by atoms with Crippen LogP contribution in [0.15, 0.2) is 156 Å². The molecule has 6 heterocycles. The Bertz CT molecular complexity index is 3400. The van der Waals surface area contributed by atoms with E-state index in [1.54, 1.807) is 73.3 Å². The van der Waals surface area contributed by atoms with Gasteiger partial charge in [0.15, 0.2) is 23.1 Å². The Balaban J connectivity index is 0.000000213. The molecule has 0 amide bonds. The summed E-state index contributed by atoms with van der Waals surface area (Å²) in [6, 6.07) is 40.5. The van der Waals surface area contributed by atoms with Gasteiger partial charge in [0, 0.05) is 39.7 Å². The first-order valence-electron chi connectivity index (χ1n) is 26.0. The average molecular weight is 1110 g/mol. The second-order valence-electron chi connectivity index (χ2n) is 18.7. The quantitative estimate of drug-likeness (QED) is 0.0950. The topological polar surface area (TPSA) is 203 Å². The highest BCUT2D eigenvalue weighted by Gasteiger charge is 2.19. The fourth-order valence-electron chi connectivity index (χ4n) is 8.92. The van der Waals surface area contributed by atoms with Gasteiger partial charge in [-0.15, -0.1) is 0 Å². The largest absolute Gasteiger partial charge is 0.490 e. The van der Waals surface area contributed by atoms with Gasteiger partial charge in [-0.05, 0) is 130 Å². The number of benzene rings is 4. The van der Waals surface area contributed by atoms with Crippen LogP contribution in [-0.2, 0) is 13.1 Å². The Morgan fingerprint density at radius 3 is 1.41 bits per heavy atom. The maximum Gasteiger partial charge on any atom is 0.267 e. The predicted octanol–water partition coefficient (Wildman–Crippen LogP) is 10.1. The summed E-state index contributed by atoms with van der Waals surface area (Å²) in [7, 11) is 0. The lowest BCUT2D eigenvalue weighted by Gasteiger charge is -2.30. The number of halogens is 1. The molecule has 78 heavy (non-hydrogen) atoms. The lowest BCUT2D eigenvalue weighted by atomic mass is 9.98. The normalized spacial score (nSPS) is 13.5. The van der Waals surface area contributed by atoms with E-state index in [2.05, 4.69) is 75.3 Å². The van der Waals surface area contributed by atoms with E-state index in [0.717, 1.165) is 97.1 Å². The Morgan fingerprint density at radius 2 is 0.987 bits per heavy atom. The van der Waals surface area contributed by atoms with Crippen LogP contribution in [0, 0.1) is 34.5 Å². The smallest absolute Gasteiger partial charge is 0.267 e. The van der Waals surface area contributed by atoms with Crippen LogP contribution in [0.5, 0.6) is 11.5 Å². The highest BCUT2D eigenvalue weighted by atomic mass is 79.9. The second-order valence-corrected chi connectivity index (χ2v) is 19.8. The van der Waals surface area contributed by atoms with E-state index in [4.69, 9.17) is 9.47 Å². The van der Waals surface area contributed by atoms with Crippen LogP contribution in [0.2, 0.25) is 0 Å². The molecule has 2 aliphatic heterocycles. The van der Waals surface area contributed by atoms with Crippen molar-refractivity contribution in [2.24, 2.45) is 11.8 Å². The maximum absolute atomic E-state index is 12.5. The molecule has 0 bridgehead atoms. The number of ether oxygens (including phenoxy) is 2. The summed E-state index contributed by atoms with van der Waals surface area (Å²) < 4.78 is 14.7. The van der Waals surface area contributed by atoms with Crippen LogP contribution < -0.4 is 25.9 Å². The van der Waals surface area contributed by atoms with Gasteiger partial charge in [-0.25, -0.2) is 29.3 Å². The summed E-state index contributed by atoms with van der Waals surface area (Å²) in [6.07, 6.45) is 11.4. The molecule has 4 aromatic carbocycles.